The van der Waals surface area contributed by atoms with E-state index in [4.69, 9.17) is 4.42 Å². The average Bonchev–Trinajstić information content (AvgIpc) is 2.69. The molecule has 2 unspecified atom stereocenters. The molecule has 0 radical (unpaired) electrons. The maximum Gasteiger partial charge on any atom is 0.255 e. The van der Waals surface area contributed by atoms with E-state index in [1.165, 1.54) is 19.3 Å². The van der Waals surface area contributed by atoms with Crippen LogP contribution in [0.3, 0.4) is 0 Å². The van der Waals surface area contributed by atoms with Gasteiger partial charge in [0.15, 0.2) is 0 Å². The molecule has 0 saturated heterocycles. The smallest absolute Gasteiger partial charge is 0.255 e. The van der Waals surface area contributed by atoms with Crippen LogP contribution < -0.4 is 5.32 Å². The Morgan fingerprint density at radius 3 is 2.78 bits per heavy atom. The first-order chi connectivity index (χ1) is 8.61. The zero-order valence-electron chi connectivity index (χ0n) is 11.0. The van der Waals surface area contributed by atoms with Crippen molar-refractivity contribution in [3.8, 4) is 0 Å². The van der Waals surface area contributed by atoms with E-state index in [0.29, 0.717) is 23.3 Å². The van der Waals surface area contributed by atoms with E-state index < -0.39 is 0 Å². The predicted molar refractivity (Wildman–Crippen MR) is 75.2 cm³/mol. The molecule has 2 rings (SSSR count). The molecule has 1 fully saturated rings. The summed E-state index contributed by atoms with van der Waals surface area (Å²) in [5, 5.41) is 4.12. The van der Waals surface area contributed by atoms with Crippen LogP contribution in [0.1, 0.15) is 47.6 Å². The quantitative estimate of drug-likeness (QED) is 0.867. The number of halogens is 1. The van der Waals surface area contributed by atoms with Crippen molar-refractivity contribution >= 4 is 21.8 Å². The third-order valence-electron chi connectivity index (χ3n) is 3.71. The fraction of sp³-hybridized carbons (Fsp3) is 0.643. The molecule has 1 amide bonds. The van der Waals surface area contributed by atoms with Crippen LogP contribution in [0.15, 0.2) is 10.5 Å². The summed E-state index contributed by atoms with van der Waals surface area (Å²) < 4.78 is 5.41. The predicted octanol–water partition coefficient (Wildman–Crippen LogP) is 3.58. The molecule has 0 aromatic carbocycles. The zero-order valence-corrected chi connectivity index (χ0v) is 12.5. The van der Waals surface area contributed by atoms with Gasteiger partial charge in [0, 0.05) is 11.4 Å². The number of nitrogens with one attached hydrogen (secondary N) is 1. The molecule has 1 aromatic heterocycles. The van der Waals surface area contributed by atoms with Crippen LogP contribution in [-0.4, -0.2) is 17.3 Å². The Morgan fingerprint density at radius 1 is 1.44 bits per heavy atom. The molecular formula is C14H20BrNO2. The van der Waals surface area contributed by atoms with Crippen LogP contribution in [0.25, 0.3) is 0 Å². The Balaban J connectivity index is 2.04. The van der Waals surface area contributed by atoms with Crippen molar-refractivity contribution in [2.45, 2.75) is 45.6 Å². The lowest BCUT2D eigenvalue weighted by molar-refractivity contribution is 0.0910. The first-order valence-corrected chi connectivity index (χ1v) is 7.68. The SMILES string of the molecule is Cc1cc(C(=O)NC2CCCCC2CBr)c(C)o1. The summed E-state index contributed by atoms with van der Waals surface area (Å²) in [6, 6.07) is 2.11. The summed E-state index contributed by atoms with van der Waals surface area (Å²) in [5.41, 5.74) is 0.673. The van der Waals surface area contributed by atoms with Gasteiger partial charge in [0.1, 0.15) is 11.5 Å². The lowest BCUT2D eigenvalue weighted by Crippen LogP contribution is -2.42. The summed E-state index contributed by atoms with van der Waals surface area (Å²) >= 11 is 3.55. The highest BCUT2D eigenvalue weighted by atomic mass is 79.9. The van der Waals surface area contributed by atoms with Gasteiger partial charge in [-0.15, -0.1) is 0 Å². The van der Waals surface area contributed by atoms with Gasteiger partial charge in [0.25, 0.3) is 5.91 Å². The van der Waals surface area contributed by atoms with Crippen LogP contribution in [0, 0.1) is 19.8 Å². The number of rotatable bonds is 3. The fourth-order valence-electron chi connectivity index (χ4n) is 2.68. The highest BCUT2D eigenvalue weighted by molar-refractivity contribution is 9.09. The number of alkyl halides is 1. The van der Waals surface area contributed by atoms with Gasteiger partial charge < -0.3 is 9.73 Å². The number of amides is 1. The molecule has 4 heteroatoms. The van der Waals surface area contributed by atoms with Crippen molar-refractivity contribution in [3.63, 3.8) is 0 Å². The second kappa shape index (κ2) is 5.91. The molecule has 1 aromatic rings. The monoisotopic (exact) mass is 313 g/mol. The molecule has 1 aliphatic carbocycles. The highest BCUT2D eigenvalue weighted by Crippen LogP contribution is 2.26. The van der Waals surface area contributed by atoms with E-state index in [9.17, 15) is 4.79 Å². The van der Waals surface area contributed by atoms with Crippen LogP contribution in [0.4, 0.5) is 0 Å². The Morgan fingerprint density at radius 2 is 2.17 bits per heavy atom. The van der Waals surface area contributed by atoms with Gasteiger partial charge in [-0.1, -0.05) is 28.8 Å². The number of hydrogen-bond donors (Lipinski definition) is 1. The number of carbonyl (C=O) groups excluding carboxylic acids is 1. The molecule has 0 bridgehead atoms. The van der Waals surface area contributed by atoms with Gasteiger partial charge in [-0.2, -0.15) is 0 Å². The van der Waals surface area contributed by atoms with E-state index >= 15 is 0 Å². The number of furan rings is 1. The Hall–Kier alpha value is -0.770. The average molecular weight is 314 g/mol. The highest BCUT2D eigenvalue weighted by Gasteiger charge is 2.26. The molecule has 0 aliphatic heterocycles. The van der Waals surface area contributed by atoms with Gasteiger partial charge in [0.2, 0.25) is 0 Å². The minimum absolute atomic E-state index is 0.00204. The maximum atomic E-state index is 12.2. The van der Waals surface area contributed by atoms with Crippen LogP contribution in [-0.2, 0) is 0 Å². The van der Waals surface area contributed by atoms with E-state index in [1.807, 2.05) is 19.9 Å². The third kappa shape index (κ3) is 2.97. The lowest BCUT2D eigenvalue weighted by Gasteiger charge is -2.30. The molecule has 0 spiro atoms. The van der Waals surface area contributed by atoms with Crippen molar-refractivity contribution in [3.05, 3.63) is 23.2 Å². The first-order valence-electron chi connectivity index (χ1n) is 6.55. The van der Waals surface area contributed by atoms with Crippen LogP contribution in [0.5, 0.6) is 0 Å². The van der Waals surface area contributed by atoms with Gasteiger partial charge in [-0.3, -0.25) is 4.79 Å². The number of aryl methyl sites for hydroxylation is 2. The molecule has 1 heterocycles. The summed E-state index contributed by atoms with van der Waals surface area (Å²) in [4.78, 5) is 12.2. The van der Waals surface area contributed by atoms with Crippen molar-refractivity contribution in [1.29, 1.82) is 0 Å². The van der Waals surface area contributed by atoms with Gasteiger partial charge >= 0.3 is 0 Å². The van der Waals surface area contributed by atoms with Crippen molar-refractivity contribution in [1.82, 2.24) is 5.32 Å². The van der Waals surface area contributed by atoms with Crippen molar-refractivity contribution in [2.75, 3.05) is 5.33 Å². The number of carbonyl (C=O) groups is 1. The minimum atomic E-state index is 0.00204. The molecule has 1 aliphatic rings. The summed E-state index contributed by atoms with van der Waals surface area (Å²) in [6.07, 6.45) is 4.75. The summed E-state index contributed by atoms with van der Waals surface area (Å²) in [6.45, 7) is 3.70. The summed E-state index contributed by atoms with van der Waals surface area (Å²) in [5.74, 6) is 2.05. The summed E-state index contributed by atoms with van der Waals surface area (Å²) in [7, 11) is 0. The third-order valence-corrected chi connectivity index (χ3v) is 4.54. The van der Waals surface area contributed by atoms with Gasteiger partial charge in [-0.25, -0.2) is 0 Å². The van der Waals surface area contributed by atoms with Crippen molar-refractivity contribution in [2.24, 2.45) is 5.92 Å². The molecule has 1 saturated carbocycles. The van der Waals surface area contributed by atoms with Gasteiger partial charge in [-0.05, 0) is 38.7 Å². The second-order valence-electron chi connectivity index (χ2n) is 5.11. The Kier molecular flexibility index (Phi) is 4.49. The molecule has 18 heavy (non-hydrogen) atoms. The van der Waals surface area contributed by atoms with E-state index in [-0.39, 0.29) is 5.91 Å². The Labute approximate surface area is 116 Å². The van der Waals surface area contributed by atoms with Crippen LogP contribution >= 0.6 is 15.9 Å². The first kappa shape index (κ1) is 13.7. The van der Waals surface area contributed by atoms with E-state index in [1.54, 1.807) is 0 Å². The fourth-order valence-corrected chi connectivity index (χ4v) is 3.46. The molecule has 1 N–H and O–H groups in total. The molecular weight excluding hydrogens is 294 g/mol. The van der Waals surface area contributed by atoms with E-state index in [2.05, 4.69) is 21.2 Å². The lowest BCUT2D eigenvalue weighted by atomic mass is 9.86. The topological polar surface area (TPSA) is 42.2 Å². The van der Waals surface area contributed by atoms with Crippen LogP contribution in [0.2, 0.25) is 0 Å². The van der Waals surface area contributed by atoms with Gasteiger partial charge in [0.05, 0.1) is 5.56 Å². The Bertz CT molecular complexity index is 427. The minimum Gasteiger partial charge on any atom is -0.466 e. The molecule has 2 atom stereocenters. The van der Waals surface area contributed by atoms with E-state index in [0.717, 1.165) is 17.5 Å². The second-order valence-corrected chi connectivity index (χ2v) is 5.75. The normalized spacial score (nSPS) is 23.9. The standard InChI is InChI=1S/C14H20BrNO2/c1-9-7-12(10(2)18-9)14(17)16-13-6-4-3-5-11(13)8-15/h7,11,13H,3-6,8H2,1-2H3,(H,16,17). The molecule has 3 nitrogen and oxygen atoms in total. The van der Waals surface area contributed by atoms with Crippen molar-refractivity contribution < 1.29 is 9.21 Å². The zero-order chi connectivity index (χ0) is 13.1. The molecule has 100 valence electrons. The number of hydrogen-bond acceptors (Lipinski definition) is 2. The maximum absolute atomic E-state index is 12.2. The largest absolute Gasteiger partial charge is 0.466 e.